The zero-order chi connectivity index (χ0) is 9.19. The highest BCUT2D eigenvalue weighted by atomic mass is 16.5. The monoisotopic (exact) mass is 172 g/mol. The fourth-order valence-electron chi connectivity index (χ4n) is 1.98. The molecule has 0 aromatic heterocycles. The van der Waals surface area contributed by atoms with Gasteiger partial charge in [-0.05, 0) is 5.41 Å². The first-order valence-corrected chi connectivity index (χ1v) is 4.90. The standard InChI is InChI=1S/C10H20O2/c1-4-10(3,5-2)8-6-12-7-9(8)11/h8-9,11H,4-7H2,1-3H3. The predicted molar refractivity (Wildman–Crippen MR) is 49.0 cm³/mol. The third-order valence-electron chi connectivity index (χ3n) is 3.56. The lowest BCUT2D eigenvalue weighted by Crippen LogP contribution is -2.34. The SMILES string of the molecule is CCC(C)(CC)C1COCC1O. The van der Waals surface area contributed by atoms with Gasteiger partial charge < -0.3 is 9.84 Å². The molecular formula is C10H20O2. The quantitative estimate of drug-likeness (QED) is 0.703. The third-order valence-corrected chi connectivity index (χ3v) is 3.56. The molecule has 2 atom stereocenters. The third kappa shape index (κ3) is 1.64. The zero-order valence-corrected chi connectivity index (χ0v) is 8.34. The van der Waals surface area contributed by atoms with Crippen molar-refractivity contribution < 1.29 is 9.84 Å². The van der Waals surface area contributed by atoms with Crippen LogP contribution in [0.3, 0.4) is 0 Å². The first-order valence-electron chi connectivity index (χ1n) is 4.90. The van der Waals surface area contributed by atoms with Crippen molar-refractivity contribution in [3.8, 4) is 0 Å². The van der Waals surface area contributed by atoms with E-state index in [-0.39, 0.29) is 11.5 Å². The van der Waals surface area contributed by atoms with Gasteiger partial charge in [0.05, 0.1) is 19.3 Å². The van der Waals surface area contributed by atoms with Crippen LogP contribution in [0.1, 0.15) is 33.6 Å². The first kappa shape index (κ1) is 10.0. The van der Waals surface area contributed by atoms with E-state index in [0.717, 1.165) is 19.4 Å². The molecule has 0 spiro atoms. The van der Waals surface area contributed by atoms with Crippen molar-refractivity contribution in [1.29, 1.82) is 0 Å². The molecule has 0 radical (unpaired) electrons. The van der Waals surface area contributed by atoms with Crippen LogP contribution < -0.4 is 0 Å². The van der Waals surface area contributed by atoms with Crippen LogP contribution in [0.15, 0.2) is 0 Å². The minimum atomic E-state index is -0.241. The van der Waals surface area contributed by atoms with E-state index in [1.807, 2.05) is 0 Å². The molecule has 1 aliphatic heterocycles. The highest BCUT2D eigenvalue weighted by Crippen LogP contribution is 2.39. The number of hydrogen-bond acceptors (Lipinski definition) is 2. The summed E-state index contributed by atoms with van der Waals surface area (Å²) in [6.07, 6.45) is 2.00. The Labute approximate surface area is 74.9 Å². The van der Waals surface area contributed by atoms with Crippen LogP contribution in [0.25, 0.3) is 0 Å². The minimum absolute atomic E-state index is 0.241. The Morgan fingerprint density at radius 1 is 1.33 bits per heavy atom. The Hall–Kier alpha value is -0.0800. The second-order valence-corrected chi connectivity index (χ2v) is 4.07. The van der Waals surface area contributed by atoms with Crippen molar-refractivity contribution in [3.05, 3.63) is 0 Å². The van der Waals surface area contributed by atoms with Gasteiger partial charge in [0.15, 0.2) is 0 Å². The Bertz CT molecular complexity index is 141. The molecular weight excluding hydrogens is 152 g/mol. The van der Waals surface area contributed by atoms with Crippen molar-refractivity contribution in [2.24, 2.45) is 11.3 Å². The van der Waals surface area contributed by atoms with Crippen LogP contribution in [0.2, 0.25) is 0 Å². The largest absolute Gasteiger partial charge is 0.390 e. The van der Waals surface area contributed by atoms with Crippen LogP contribution in [0.4, 0.5) is 0 Å². The van der Waals surface area contributed by atoms with E-state index in [1.54, 1.807) is 0 Å². The topological polar surface area (TPSA) is 29.5 Å². The molecule has 0 aromatic rings. The summed E-state index contributed by atoms with van der Waals surface area (Å²) in [7, 11) is 0. The maximum absolute atomic E-state index is 9.66. The molecule has 1 aliphatic rings. The molecule has 12 heavy (non-hydrogen) atoms. The van der Waals surface area contributed by atoms with Crippen LogP contribution in [-0.4, -0.2) is 24.4 Å². The average molecular weight is 172 g/mol. The van der Waals surface area contributed by atoms with Crippen molar-refractivity contribution in [1.82, 2.24) is 0 Å². The summed E-state index contributed by atoms with van der Waals surface area (Å²) < 4.78 is 5.27. The second-order valence-electron chi connectivity index (χ2n) is 4.07. The van der Waals surface area contributed by atoms with Crippen molar-refractivity contribution in [2.75, 3.05) is 13.2 Å². The van der Waals surface area contributed by atoms with Gasteiger partial charge in [-0.25, -0.2) is 0 Å². The van der Waals surface area contributed by atoms with E-state index in [4.69, 9.17) is 4.74 Å². The van der Waals surface area contributed by atoms with Crippen LogP contribution >= 0.6 is 0 Å². The maximum Gasteiger partial charge on any atom is 0.0828 e. The Morgan fingerprint density at radius 3 is 2.25 bits per heavy atom. The van der Waals surface area contributed by atoms with E-state index in [2.05, 4.69) is 20.8 Å². The van der Waals surface area contributed by atoms with Gasteiger partial charge in [-0.2, -0.15) is 0 Å². The molecule has 0 amide bonds. The smallest absolute Gasteiger partial charge is 0.0828 e. The predicted octanol–water partition coefficient (Wildman–Crippen LogP) is 1.82. The first-order chi connectivity index (χ1) is 5.64. The molecule has 1 N–H and O–H groups in total. The van der Waals surface area contributed by atoms with Crippen LogP contribution in [0.5, 0.6) is 0 Å². The number of ether oxygens (including phenoxy) is 1. The van der Waals surface area contributed by atoms with E-state index >= 15 is 0 Å². The molecule has 0 aliphatic carbocycles. The Kier molecular flexibility index (Phi) is 3.13. The molecule has 2 nitrogen and oxygen atoms in total. The van der Waals surface area contributed by atoms with Gasteiger partial charge in [-0.3, -0.25) is 0 Å². The molecule has 1 fully saturated rings. The van der Waals surface area contributed by atoms with E-state index in [1.165, 1.54) is 0 Å². The molecule has 2 unspecified atom stereocenters. The average Bonchev–Trinajstić information content (AvgIpc) is 2.51. The van der Waals surface area contributed by atoms with Crippen LogP contribution in [-0.2, 0) is 4.74 Å². The molecule has 0 aromatic carbocycles. The summed E-state index contributed by atoms with van der Waals surface area (Å²) in [6.45, 7) is 7.89. The highest BCUT2D eigenvalue weighted by molar-refractivity contribution is 4.88. The molecule has 1 saturated heterocycles. The number of aliphatic hydroxyl groups excluding tert-OH is 1. The lowest BCUT2D eigenvalue weighted by molar-refractivity contribution is 0.0564. The zero-order valence-electron chi connectivity index (χ0n) is 8.34. The lowest BCUT2D eigenvalue weighted by Gasteiger charge is -2.34. The summed E-state index contributed by atoms with van der Waals surface area (Å²) >= 11 is 0. The van der Waals surface area contributed by atoms with Gasteiger partial charge in [-0.1, -0.05) is 33.6 Å². The summed E-state index contributed by atoms with van der Waals surface area (Å²) in [4.78, 5) is 0. The summed E-state index contributed by atoms with van der Waals surface area (Å²) in [5.41, 5.74) is 0.260. The normalized spacial score (nSPS) is 31.0. The van der Waals surface area contributed by atoms with Gasteiger partial charge in [0, 0.05) is 5.92 Å². The molecule has 1 rings (SSSR count). The van der Waals surface area contributed by atoms with Gasteiger partial charge in [0.25, 0.3) is 0 Å². The van der Waals surface area contributed by atoms with Gasteiger partial charge in [0.1, 0.15) is 0 Å². The fourth-order valence-corrected chi connectivity index (χ4v) is 1.98. The van der Waals surface area contributed by atoms with E-state index in [0.29, 0.717) is 12.5 Å². The molecule has 0 saturated carbocycles. The fraction of sp³-hybridized carbons (Fsp3) is 1.00. The molecule has 1 heterocycles. The molecule has 2 heteroatoms. The molecule has 0 bridgehead atoms. The van der Waals surface area contributed by atoms with Gasteiger partial charge >= 0.3 is 0 Å². The van der Waals surface area contributed by atoms with Gasteiger partial charge in [-0.15, -0.1) is 0 Å². The number of rotatable bonds is 3. The molecule has 72 valence electrons. The Morgan fingerprint density at radius 2 is 1.92 bits per heavy atom. The van der Waals surface area contributed by atoms with Crippen molar-refractivity contribution in [3.63, 3.8) is 0 Å². The van der Waals surface area contributed by atoms with E-state index in [9.17, 15) is 5.11 Å². The number of aliphatic hydroxyl groups is 1. The minimum Gasteiger partial charge on any atom is -0.390 e. The highest BCUT2D eigenvalue weighted by Gasteiger charge is 2.39. The Balaban J connectivity index is 2.64. The van der Waals surface area contributed by atoms with E-state index < -0.39 is 0 Å². The maximum atomic E-state index is 9.66. The number of hydrogen-bond donors (Lipinski definition) is 1. The lowest BCUT2D eigenvalue weighted by atomic mass is 9.71. The van der Waals surface area contributed by atoms with Crippen molar-refractivity contribution in [2.45, 2.75) is 39.7 Å². The second kappa shape index (κ2) is 3.75. The summed E-state index contributed by atoms with van der Waals surface area (Å²) in [5, 5.41) is 9.66. The van der Waals surface area contributed by atoms with Crippen LogP contribution in [0, 0.1) is 11.3 Å². The summed E-state index contributed by atoms with van der Waals surface area (Å²) in [6, 6.07) is 0. The van der Waals surface area contributed by atoms with Crippen molar-refractivity contribution >= 4 is 0 Å². The summed E-state index contributed by atoms with van der Waals surface area (Å²) in [5.74, 6) is 0.340. The van der Waals surface area contributed by atoms with Gasteiger partial charge in [0.2, 0.25) is 0 Å².